The van der Waals surface area contributed by atoms with Gasteiger partial charge in [-0.1, -0.05) is 12.1 Å². The summed E-state index contributed by atoms with van der Waals surface area (Å²) in [6.07, 6.45) is -3.25. The first kappa shape index (κ1) is 22.2. The summed E-state index contributed by atoms with van der Waals surface area (Å²) >= 11 is 0. The number of guanidine groups is 1. The Morgan fingerprint density at radius 2 is 1.96 bits per heavy atom. The Morgan fingerprint density at radius 3 is 2.58 bits per heavy atom. The molecule has 0 radical (unpaired) electrons. The summed E-state index contributed by atoms with van der Waals surface area (Å²) in [5.41, 5.74) is -0.260. The third-order valence-electron chi connectivity index (χ3n) is 3.16. The minimum atomic E-state index is -4.38. The van der Waals surface area contributed by atoms with Gasteiger partial charge < -0.3 is 15.4 Å². The highest BCUT2D eigenvalue weighted by Crippen LogP contribution is 2.29. The summed E-state index contributed by atoms with van der Waals surface area (Å²) in [7, 11) is -3.05. The first-order chi connectivity index (χ1) is 12.1. The van der Waals surface area contributed by atoms with Gasteiger partial charge in [-0.2, -0.15) is 13.2 Å². The molecule has 148 valence electrons. The van der Waals surface area contributed by atoms with Crippen LogP contribution in [0.2, 0.25) is 0 Å². The molecule has 0 amide bonds. The highest BCUT2D eigenvalue weighted by atomic mass is 32.2. The molecule has 2 N–H and O–H groups in total. The van der Waals surface area contributed by atoms with Gasteiger partial charge in [-0.15, -0.1) is 0 Å². The van der Waals surface area contributed by atoms with Gasteiger partial charge in [0.2, 0.25) is 0 Å². The lowest BCUT2D eigenvalue weighted by molar-refractivity contribution is -0.137. The van der Waals surface area contributed by atoms with Crippen molar-refractivity contribution in [1.29, 1.82) is 0 Å². The Morgan fingerprint density at radius 1 is 1.23 bits per heavy atom. The van der Waals surface area contributed by atoms with Crippen LogP contribution in [0.25, 0.3) is 0 Å². The number of benzene rings is 1. The van der Waals surface area contributed by atoms with Crippen molar-refractivity contribution < 1.29 is 26.3 Å². The fourth-order valence-corrected chi connectivity index (χ4v) is 2.33. The molecule has 0 aliphatic rings. The summed E-state index contributed by atoms with van der Waals surface area (Å²) in [6, 6.07) is 5.02. The van der Waals surface area contributed by atoms with Crippen LogP contribution in [-0.4, -0.2) is 52.7 Å². The zero-order valence-corrected chi connectivity index (χ0v) is 15.6. The van der Waals surface area contributed by atoms with Crippen molar-refractivity contribution in [2.45, 2.75) is 19.6 Å². The van der Waals surface area contributed by atoms with Crippen LogP contribution in [0.1, 0.15) is 18.1 Å². The normalized spacial score (nSPS) is 12.9. The van der Waals surface area contributed by atoms with Crippen LogP contribution in [0.3, 0.4) is 0 Å². The molecule has 0 saturated heterocycles. The Kier molecular flexibility index (Phi) is 8.86. The molecule has 1 aromatic rings. The number of alkyl halides is 3. The zero-order valence-electron chi connectivity index (χ0n) is 14.8. The first-order valence-corrected chi connectivity index (χ1v) is 10.1. The molecule has 10 heteroatoms. The van der Waals surface area contributed by atoms with E-state index in [1.807, 2.05) is 6.92 Å². The van der Waals surface area contributed by atoms with Gasteiger partial charge in [0.1, 0.15) is 9.84 Å². The standard InChI is InChI=1S/C16H24F3N3O3S/c1-3-20-15(21-7-8-25-9-10-26(2,23)24)22-12-13-5-4-6-14(11-13)16(17,18)19/h4-6,11H,3,7-10,12H2,1-2H3,(H2,20,21,22). The lowest BCUT2D eigenvalue weighted by atomic mass is 10.1. The molecule has 0 bridgehead atoms. The molecular weight excluding hydrogens is 371 g/mol. The molecular formula is C16H24F3N3O3S. The van der Waals surface area contributed by atoms with E-state index < -0.39 is 21.6 Å². The number of hydrogen-bond acceptors (Lipinski definition) is 4. The second-order valence-corrected chi connectivity index (χ2v) is 7.82. The zero-order chi connectivity index (χ0) is 19.6. The number of halogens is 3. The monoisotopic (exact) mass is 395 g/mol. The van der Waals surface area contributed by atoms with Crippen LogP contribution in [0, 0.1) is 0 Å². The van der Waals surface area contributed by atoms with Crippen molar-refractivity contribution in [2.24, 2.45) is 4.99 Å². The number of ether oxygens (including phenoxy) is 1. The second kappa shape index (κ2) is 10.4. The predicted molar refractivity (Wildman–Crippen MR) is 94.8 cm³/mol. The van der Waals surface area contributed by atoms with E-state index in [1.165, 1.54) is 6.07 Å². The summed E-state index contributed by atoms with van der Waals surface area (Å²) in [4.78, 5) is 4.24. The van der Waals surface area contributed by atoms with Crippen molar-refractivity contribution in [3.8, 4) is 0 Å². The van der Waals surface area contributed by atoms with Crippen LogP contribution in [0.4, 0.5) is 13.2 Å². The van der Waals surface area contributed by atoms with Crippen LogP contribution in [0.5, 0.6) is 0 Å². The van der Waals surface area contributed by atoms with Gasteiger partial charge in [0, 0.05) is 19.3 Å². The molecule has 26 heavy (non-hydrogen) atoms. The Hall–Kier alpha value is -1.81. The summed E-state index contributed by atoms with van der Waals surface area (Å²) in [5, 5.41) is 5.95. The van der Waals surface area contributed by atoms with Crippen molar-refractivity contribution in [1.82, 2.24) is 10.6 Å². The SMILES string of the molecule is CCNC(=NCc1cccc(C(F)(F)F)c1)NCCOCCS(C)(=O)=O. The molecule has 0 fully saturated rings. The van der Waals surface area contributed by atoms with Crippen LogP contribution in [0.15, 0.2) is 29.3 Å². The van der Waals surface area contributed by atoms with Gasteiger partial charge >= 0.3 is 6.18 Å². The summed E-state index contributed by atoms with van der Waals surface area (Å²) in [6.45, 7) is 3.32. The molecule has 0 aliphatic carbocycles. The quantitative estimate of drug-likeness (QED) is 0.379. The van der Waals surface area contributed by atoms with Crippen LogP contribution < -0.4 is 10.6 Å². The average Bonchev–Trinajstić information content (AvgIpc) is 2.54. The second-order valence-electron chi connectivity index (χ2n) is 5.56. The molecule has 0 aromatic heterocycles. The lowest BCUT2D eigenvalue weighted by Crippen LogP contribution is -2.39. The molecule has 0 spiro atoms. The van der Waals surface area contributed by atoms with E-state index in [0.29, 0.717) is 24.6 Å². The molecule has 1 aromatic carbocycles. The minimum absolute atomic E-state index is 0.0449. The van der Waals surface area contributed by atoms with E-state index in [0.717, 1.165) is 18.4 Å². The number of hydrogen-bond donors (Lipinski definition) is 2. The fraction of sp³-hybridized carbons (Fsp3) is 0.562. The summed E-state index contributed by atoms with van der Waals surface area (Å²) in [5.74, 6) is 0.396. The van der Waals surface area contributed by atoms with E-state index in [-0.39, 0.29) is 25.5 Å². The van der Waals surface area contributed by atoms with Gasteiger partial charge in [0.15, 0.2) is 5.96 Å². The third kappa shape index (κ3) is 9.62. The molecule has 0 atom stereocenters. The van der Waals surface area contributed by atoms with Gasteiger partial charge in [0.25, 0.3) is 0 Å². The molecule has 1 rings (SSSR count). The molecule has 0 saturated carbocycles. The summed E-state index contributed by atoms with van der Waals surface area (Å²) < 4.78 is 65.3. The smallest absolute Gasteiger partial charge is 0.379 e. The fourth-order valence-electron chi connectivity index (χ4n) is 1.91. The maximum absolute atomic E-state index is 12.7. The van der Waals surface area contributed by atoms with Gasteiger partial charge in [-0.3, -0.25) is 0 Å². The highest BCUT2D eigenvalue weighted by Gasteiger charge is 2.30. The predicted octanol–water partition coefficient (Wildman–Crippen LogP) is 1.82. The molecule has 0 unspecified atom stereocenters. The van der Waals surface area contributed by atoms with E-state index in [1.54, 1.807) is 6.07 Å². The van der Waals surface area contributed by atoms with E-state index >= 15 is 0 Å². The third-order valence-corrected chi connectivity index (χ3v) is 4.06. The lowest BCUT2D eigenvalue weighted by Gasteiger charge is -2.12. The Balaban J connectivity index is 2.51. The van der Waals surface area contributed by atoms with Crippen LogP contribution >= 0.6 is 0 Å². The highest BCUT2D eigenvalue weighted by molar-refractivity contribution is 7.90. The van der Waals surface area contributed by atoms with Gasteiger partial charge in [0.05, 0.1) is 31.1 Å². The molecule has 0 aliphatic heterocycles. The van der Waals surface area contributed by atoms with Crippen molar-refractivity contribution in [2.75, 3.05) is 38.3 Å². The number of sulfone groups is 1. The van der Waals surface area contributed by atoms with Crippen molar-refractivity contribution >= 4 is 15.8 Å². The topological polar surface area (TPSA) is 79.8 Å². The number of rotatable bonds is 9. The Labute approximate surface area is 151 Å². The van der Waals surface area contributed by atoms with E-state index in [2.05, 4.69) is 15.6 Å². The van der Waals surface area contributed by atoms with Gasteiger partial charge in [-0.25, -0.2) is 13.4 Å². The average molecular weight is 395 g/mol. The largest absolute Gasteiger partial charge is 0.416 e. The molecule has 6 nitrogen and oxygen atoms in total. The Bertz CT molecular complexity index is 691. The first-order valence-electron chi connectivity index (χ1n) is 8.05. The number of nitrogens with zero attached hydrogens (tertiary/aromatic N) is 1. The number of aliphatic imine (C=N–C) groups is 1. The number of nitrogens with one attached hydrogen (secondary N) is 2. The van der Waals surface area contributed by atoms with E-state index in [9.17, 15) is 21.6 Å². The van der Waals surface area contributed by atoms with Gasteiger partial charge in [-0.05, 0) is 24.6 Å². The molecule has 0 heterocycles. The maximum atomic E-state index is 12.7. The van der Waals surface area contributed by atoms with Crippen LogP contribution in [-0.2, 0) is 27.3 Å². The maximum Gasteiger partial charge on any atom is 0.416 e. The van der Waals surface area contributed by atoms with Crippen molar-refractivity contribution in [3.63, 3.8) is 0 Å². The minimum Gasteiger partial charge on any atom is -0.379 e. The van der Waals surface area contributed by atoms with E-state index in [4.69, 9.17) is 4.74 Å². The van der Waals surface area contributed by atoms with Crippen molar-refractivity contribution in [3.05, 3.63) is 35.4 Å².